The first-order valence-electron chi connectivity index (χ1n) is 6.11. The number of hydrogen-bond donors (Lipinski definition) is 0. The SMILES string of the molecule is CC(C)C[C@H](CC(=O)OC(C)(C)C)C1CO1. The lowest BCUT2D eigenvalue weighted by molar-refractivity contribution is -0.156. The fraction of sp³-hybridized carbons (Fsp3) is 0.923. The van der Waals surface area contributed by atoms with Gasteiger partial charge < -0.3 is 9.47 Å². The van der Waals surface area contributed by atoms with Gasteiger partial charge in [-0.05, 0) is 39.0 Å². The fourth-order valence-corrected chi connectivity index (χ4v) is 1.90. The Morgan fingerprint density at radius 1 is 1.44 bits per heavy atom. The summed E-state index contributed by atoms with van der Waals surface area (Å²) in [5.41, 5.74) is -0.385. The van der Waals surface area contributed by atoms with Crippen LogP contribution in [0.15, 0.2) is 0 Å². The van der Waals surface area contributed by atoms with Crippen LogP contribution in [0.4, 0.5) is 0 Å². The summed E-state index contributed by atoms with van der Waals surface area (Å²) in [5, 5.41) is 0. The molecule has 0 amide bonds. The molecular weight excluding hydrogens is 204 g/mol. The van der Waals surface area contributed by atoms with E-state index in [2.05, 4.69) is 13.8 Å². The van der Waals surface area contributed by atoms with Gasteiger partial charge in [0, 0.05) is 0 Å². The van der Waals surface area contributed by atoms with E-state index in [1.165, 1.54) is 0 Å². The predicted octanol–water partition coefficient (Wildman–Crippen LogP) is 2.78. The van der Waals surface area contributed by atoms with E-state index < -0.39 is 0 Å². The summed E-state index contributed by atoms with van der Waals surface area (Å²) in [6.07, 6.45) is 1.80. The second-order valence-electron chi connectivity index (χ2n) is 6.05. The zero-order chi connectivity index (χ0) is 12.3. The zero-order valence-corrected chi connectivity index (χ0v) is 11.1. The highest BCUT2D eigenvalue weighted by atomic mass is 16.6. The lowest BCUT2D eigenvalue weighted by Crippen LogP contribution is -2.26. The molecule has 0 aromatic heterocycles. The number of epoxide rings is 1. The molecule has 1 saturated heterocycles. The standard InChI is InChI=1S/C13H24O3/c1-9(2)6-10(11-8-15-11)7-12(14)16-13(3,4)5/h9-11H,6-8H2,1-5H3/t10-,11?/m1/s1. The molecule has 16 heavy (non-hydrogen) atoms. The van der Waals surface area contributed by atoms with Crippen LogP contribution in [-0.4, -0.2) is 24.3 Å². The minimum Gasteiger partial charge on any atom is -0.460 e. The monoisotopic (exact) mass is 228 g/mol. The van der Waals surface area contributed by atoms with Gasteiger partial charge in [0.25, 0.3) is 0 Å². The lowest BCUT2D eigenvalue weighted by atomic mass is 9.91. The normalized spacial score (nSPS) is 22.0. The molecule has 0 radical (unpaired) electrons. The van der Waals surface area contributed by atoms with Crippen molar-refractivity contribution in [3.05, 3.63) is 0 Å². The van der Waals surface area contributed by atoms with E-state index in [1.807, 2.05) is 20.8 Å². The first-order valence-corrected chi connectivity index (χ1v) is 6.11. The third kappa shape index (κ3) is 5.50. The molecule has 94 valence electrons. The van der Waals surface area contributed by atoms with Crippen LogP contribution in [0.3, 0.4) is 0 Å². The van der Waals surface area contributed by atoms with Crippen molar-refractivity contribution in [2.75, 3.05) is 6.61 Å². The van der Waals surface area contributed by atoms with Crippen molar-refractivity contribution in [3.63, 3.8) is 0 Å². The summed E-state index contributed by atoms with van der Waals surface area (Å²) in [7, 11) is 0. The number of carbonyl (C=O) groups excluding carboxylic acids is 1. The number of esters is 1. The summed E-state index contributed by atoms with van der Waals surface area (Å²) in [4.78, 5) is 11.7. The molecule has 0 aromatic carbocycles. The van der Waals surface area contributed by atoms with Gasteiger partial charge in [-0.2, -0.15) is 0 Å². The molecular formula is C13H24O3. The van der Waals surface area contributed by atoms with Crippen LogP contribution in [0.25, 0.3) is 0 Å². The van der Waals surface area contributed by atoms with E-state index in [0.29, 0.717) is 18.3 Å². The second-order valence-corrected chi connectivity index (χ2v) is 6.05. The third-order valence-electron chi connectivity index (χ3n) is 2.51. The Bertz CT molecular complexity index is 236. The predicted molar refractivity (Wildman–Crippen MR) is 63.1 cm³/mol. The summed E-state index contributed by atoms with van der Waals surface area (Å²) in [6.45, 7) is 10.8. The van der Waals surface area contributed by atoms with Crippen molar-refractivity contribution < 1.29 is 14.3 Å². The molecule has 1 heterocycles. The quantitative estimate of drug-likeness (QED) is 0.536. The van der Waals surface area contributed by atoms with Gasteiger partial charge in [-0.1, -0.05) is 13.8 Å². The van der Waals surface area contributed by atoms with Crippen molar-refractivity contribution in [3.8, 4) is 0 Å². The highest BCUT2D eigenvalue weighted by Gasteiger charge is 2.35. The van der Waals surface area contributed by atoms with E-state index in [9.17, 15) is 4.79 Å². The van der Waals surface area contributed by atoms with Crippen LogP contribution >= 0.6 is 0 Å². The van der Waals surface area contributed by atoms with Gasteiger partial charge in [-0.15, -0.1) is 0 Å². The number of carbonyl (C=O) groups is 1. The van der Waals surface area contributed by atoms with Crippen LogP contribution in [0.2, 0.25) is 0 Å². The van der Waals surface area contributed by atoms with Crippen molar-refractivity contribution in [2.24, 2.45) is 11.8 Å². The Morgan fingerprint density at radius 2 is 2.00 bits per heavy atom. The molecule has 0 N–H and O–H groups in total. The first-order chi connectivity index (χ1) is 7.28. The maximum Gasteiger partial charge on any atom is 0.306 e. The third-order valence-corrected chi connectivity index (χ3v) is 2.51. The average molecular weight is 228 g/mol. The molecule has 3 nitrogen and oxygen atoms in total. The molecule has 0 spiro atoms. The van der Waals surface area contributed by atoms with E-state index >= 15 is 0 Å². The minimum absolute atomic E-state index is 0.103. The summed E-state index contributed by atoms with van der Waals surface area (Å²) in [5.74, 6) is 0.820. The van der Waals surface area contributed by atoms with Crippen LogP contribution in [-0.2, 0) is 14.3 Å². The van der Waals surface area contributed by atoms with E-state index in [1.54, 1.807) is 0 Å². The molecule has 1 unspecified atom stereocenters. The molecule has 2 atom stereocenters. The Balaban J connectivity index is 2.39. The zero-order valence-electron chi connectivity index (χ0n) is 11.1. The Morgan fingerprint density at radius 3 is 2.38 bits per heavy atom. The fourth-order valence-electron chi connectivity index (χ4n) is 1.90. The molecule has 1 rings (SSSR count). The van der Waals surface area contributed by atoms with Gasteiger partial charge in [0.2, 0.25) is 0 Å². The summed E-state index contributed by atoms with van der Waals surface area (Å²) < 4.78 is 10.6. The number of hydrogen-bond acceptors (Lipinski definition) is 3. The molecule has 0 bridgehead atoms. The molecule has 1 aliphatic heterocycles. The van der Waals surface area contributed by atoms with Gasteiger partial charge in [0.15, 0.2) is 0 Å². The van der Waals surface area contributed by atoms with Gasteiger partial charge in [-0.25, -0.2) is 0 Å². The highest BCUT2D eigenvalue weighted by molar-refractivity contribution is 5.70. The molecule has 0 aliphatic carbocycles. The maximum absolute atomic E-state index is 11.7. The molecule has 0 aromatic rings. The Labute approximate surface area is 98.5 Å². The molecule has 1 fully saturated rings. The molecule has 1 aliphatic rings. The van der Waals surface area contributed by atoms with Gasteiger partial charge in [-0.3, -0.25) is 4.79 Å². The van der Waals surface area contributed by atoms with Gasteiger partial charge in [0.05, 0.1) is 19.1 Å². The van der Waals surface area contributed by atoms with E-state index in [0.717, 1.165) is 13.0 Å². The van der Waals surface area contributed by atoms with Crippen LogP contribution in [0.1, 0.15) is 47.5 Å². The number of rotatable bonds is 5. The van der Waals surface area contributed by atoms with Crippen LogP contribution in [0, 0.1) is 11.8 Å². The van der Waals surface area contributed by atoms with Crippen molar-refractivity contribution >= 4 is 5.97 Å². The Kier molecular flexibility index (Phi) is 4.36. The number of ether oxygens (including phenoxy) is 2. The molecule has 3 heteroatoms. The van der Waals surface area contributed by atoms with Crippen molar-refractivity contribution in [1.29, 1.82) is 0 Å². The highest BCUT2D eigenvalue weighted by Crippen LogP contribution is 2.29. The van der Waals surface area contributed by atoms with Crippen LogP contribution < -0.4 is 0 Å². The first kappa shape index (κ1) is 13.5. The maximum atomic E-state index is 11.7. The topological polar surface area (TPSA) is 38.8 Å². The van der Waals surface area contributed by atoms with E-state index in [-0.39, 0.29) is 17.7 Å². The van der Waals surface area contributed by atoms with Crippen LogP contribution in [0.5, 0.6) is 0 Å². The Hall–Kier alpha value is -0.570. The largest absolute Gasteiger partial charge is 0.460 e. The molecule has 0 saturated carbocycles. The second kappa shape index (κ2) is 5.17. The average Bonchev–Trinajstić information content (AvgIpc) is 2.78. The lowest BCUT2D eigenvalue weighted by Gasteiger charge is -2.22. The van der Waals surface area contributed by atoms with E-state index in [4.69, 9.17) is 9.47 Å². The summed E-state index contributed by atoms with van der Waals surface area (Å²) >= 11 is 0. The smallest absolute Gasteiger partial charge is 0.306 e. The van der Waals surface area contributed by atoms with Crippen molar-refractivity contribution in [1.82, 2.24) is 0 Å². The van der Waals surface area contributed by atoms with Crippen molar-refractivity contribution in [2.45, 2.75) is 59.2 Å². The van der Waals surface area contributed by atoms with Gasteiger partial charge >= 0.3 is 5.97 Å². The summed E-state index contributed by atoms with van der Waals surface area (Å²) in [6, 6.07) is 0. The van der Waals surface area contributed by atoms with Gasteiger partial charge in [0.1, 0.15) is 5.60 Å². The minimum atomic E-state index is -0.385.